The molecule has 0 spiro atoms. The molecule has 80 valence electrons. The van der Waals surface area contributed by atoms with Crippen LogP contribution in [0.1, 0.15) is 19.8 Å². The summed E-state index contributed by atoms with van der Waals surface area (Å²) in [6, 6.07) is 0. The van der Waals surface area contributed by atoms with E-state index in [4.69, 9.17) is 4.74 Å². The van der Waals surface area contributed by atoms with Gasteiger partial charge in [0.2, 0.25) is 0 Å². The number of carbonyl (C=O) groups excluding carboxylic acids is 2. The third-order valence-electron chi connectivity index (χ3n) is 1.98. The van der Waals surface area contributed by atoms with Crippen molar-refractivity contribution < 1.29 is 19.1 Å². The Morgan fingerprint density at radius 1 is 1.57 bits per heavy atom. The van der Waals surface area contributed by atoms with Gasteiger partial charge in [0.15, 0.2) is 0 Å². The van der Waals surface area contributed by atoms with Crippen molar-refractivity contribution in [3.8, 4) is 0 Å². The summed E-state index contributed by atoms with van der Waals surface area (Å²) in [5, 5.41) is 2.47. The topological polar surface area (TPSA) is 64.6 Å². The van der Waals surface area contributed by atoms with E-state index >= 15 is 0 Å². The number of hydrogen-bond acceptors (Lipinski definition) is 4. The van der Waals surface area contributed by atoms with E-state index in [0.717, 1.165) is 19.4 Å². The van der Waals surface area contributed by atoms with Crippen LogP contribution >= 0.6 is 0 Å². The number of nitrogens with one attached hydrogen (secondary N) is 1. The molecule has 1 rings (SSSR count). The van der Waals surface area contributed by atoms with Gasteiger partial charge in [0.25, 0.3) is 0 Å². The van der Waals surface area contributed by atoms with Gasteiger partial charge in [-0.1, -0.05) is 0 Å². The molecule has 1 aliphatic heterocycles. The lowest BCUT2D eigenvalue weighted by Crippen LogP contribution is -2.37. The van der Waals surface area contributed by atoms with Crippen molar-refractivity contribution in [2.24, 2.45) is 0 Å². The molecule has 14 heavy (non-hydrogen) atoms. The lowest BCUT2D eigenvalue weighted by Gasteiger charge is -2.09. The fraction of sp³-hybridized carbons (Fsp3) is 0.778. The highest BCUT2D eigenvalue weighted by Gasteiger charge is 2.19. The van der Waals surface area contributed by atoms with Gasteiger partial charge in [-0.15, -0.1) is 0 Å². The Kier molecular flexibility index (Phi) is 4.39. The summed E-state index contributed by atoms with van der Waals surface area (Å²) in [7, 11) is 0. The minimum atomic E-state index is -0.828. The molecule has 0 unspecified atom stereocenters. The highest BCUT2D eigenvalue weighted by molar-refractivity contribution is 6.32. The third kappa shape index (κ3) is 3.33. The molecule has 1 heterocycles. The van der Waals surface area contributed by atoms with Crippen LogP contribution in [0.25, 0.3) is 0 Å². The molecule has 1 N–H and O–H groups in total. The highest BCUT2D eigenvalue weighted by Crippen LogP contribution is 2.10. The largest absolute Gasteiger partial charge is 0.459 e. The van der Waals surface area contributed by atoms with E-state index in [-0.39, 0.29) is 12.7 Å². The molecular weight excluding hydrogens is 186 g/mol. The minimum Gasteiger partial charge on any atom is -0.459 e. The Labute approximate surface area is 82.8 Å². The standard InChI is InChI=1S/C9H15NO4/c1-2-13-9(12)8(11)10-6-7-4-3-5-14-7/h7H,2-6H2,1H3,(H,10,11)/t7-/m0/s1. The van der Waals surface area contributed by atoms with Gasteiger partial charge in [0.05, 0.1) is 12.7 Å². The Bertz CT molecular complexity index is 211. The van der Waals surface area contributed by atoms with Gasteiger partial charge < -0.3 is 14.8 Å². The van der Waals surface area contributed by atoms with Gasteiger partial charge in [0, 0.05) is 13.2 Å². The average Bonchev–Trinajstić information content (AvgIpc) is 2.67. The number of carbonyl (C=O) groups is 2. The molecular formula is C9H15NO4. The van der Waals surface area contributed by atoms with E-state index in [1.54, 1.807) is 6.92 Å². The van der Waals surface area contributed by atoms with Gasteiger partial charge in [-0.2, -0.15) is 0 Å². The lowest BCUT2D eigenvalue weighted by atomic mass is 10.2. The van der Waals surface area contributed by atoms with Crippen molar-refractivity contribution in [1.82, 2.24) is 5.32 Å². The monoisotopic (exact) mass is 201 g/mol. The van der Waals surface area contributed by atoms with Crippen molar-refractivity contribution in [2.75, 3.05) is 19.8 Å². The molecule has 1 atom stereocenters. The first-order chi connectivity index (χ1) is 6.74. The molecule has 5 heteroatoms. The summed E-state index contributed by atoms with van der Waals surface area (Å²) < 4.78 is 9.80. The zero-order chi connectivity index (χ0) is 10.4. The summed E-state index contributed by atoms with van der Waals surface area (Å²) in [4.78, 5) is 21.9. The second-order valence-electron chi connectivity index (χ2n) is 3.07. The van der Waals surface area contributed by atoms with Crippen LogP contribution in [-0.4, -0.2) is 37.7 Å². The Hall–Kier alpha value is -1.10. The molecule has 0 aromatic rings. The molecule has 0 aromatic carbocycles. The number of ether oxygens (including phenoxy) is 2. The zero-order valence-corrected chi connectivity index (χ0v) is 8.25. The molecule has 0 bridgehead atoms. The van der Waals surface area contributed by atoms with Crippen LogP contribution in [0.3, 0.4) is 0 Å². The third-order valence-corrected chi connectivity index (χ3v) is 1.98. The highest BCUT2D eigenvalue weighted by atomic mass is 16.5. The quantitative estimate of drug-likeness (QED) is 0.509. The second-order valence-corrected chi connectivity index (χ2v) is 3.07. The van der Waals surface area contributed by atoms with Crippen LogP contribution < -0.4 is 5.32 Å². The fourth-order valence-corrected chi connectivity index (χ4v) is 1.28. The van der Waals surface area contributed by atoms with Crippen LogP contribution in [-0.2, 0) is 19.1 Å². The normalized spacial score (nSPS) is 20.5. The van der Waals surface area contributed by atoms with E-state index in [9.17, 15) is 9.59 Å². The summed E-state index contributed by atoms with van der Waals surface area (Å²) in [6.45, 7) is 3.00. The Morgan fingerprint density at radius 2 is 2.36 bits per heavy atom. The average molecular weight is 201 g/mol. The van der Waals surface area contributed by atoms with Gasteiger partial charge in [-0.05, 0) is 19.8 Å². The van der Waals surface area contributed by atoms with Crippen molar-refractivity contribution in [3.05, 3.63) is 0 Å². The maximum absolute atomic E-state index is 11.0. The van der Waals surface area contributed by atoms with Gasteiger partial charge in [0.1, 0.15) is 0 Å². The van der Waals surface area contributed by atoms with Gasteiger partial charge in [-0.25, -0.2) is 4.79 Å². The number of amides is 1. The van der Waals surface area contributed by atoms with Crippen molar-refractivity contribution >= 4 is 11.9 Å². The van der Waals surface area contributed by atoms with Crippen LogP contribution in [0.5, 0.6) is 0 Å². The van der Waals surface area contributed by atoms with Crippen molar-refractivity contribution in [2.45, 2.75) is 25.9 Å². The predicted molar refractivity (Wildman–Crippen MR) is 48.6 cm³/mol. The minimum absolute atomic E-state index is 0.0494. The maximum Gasteiger partial charge on any atom is 0.396 e. The van der Waals surface area contributed by atoms with E-state index in [2.05, 4.69) is 10.1 Å². The molecule has 0 aromatic heterocycles. The van der Waals surface area contributed by atoms with E-state index in [0.29, 0.717) is 6.54 Å². The molecule has 1 aliphatic rings. The SMILES string of the molecule is CCOC(=O)C(=O)NC[C@@H]1CCCO1. The van der Waals surface area contributed by atoms with Crippen LogP contribution in [0.15, 0.2) is 0 Å². The van der Waals surface area contributed by atoms with E-state index in [1.807, 2.05) is 0 Å². The number of rotatable bonds is 3. The Morgan fingerprint density at radius 3 is 2.93 bits per heavy atom. The predicted octanol–water partition coefficient (Wildman–Crippen LogP) is -0.155. The molecule has 1 fully saturated rings. The summed E-state index contributed by atoms with van der Waals surface area (Å²) in [5.74, 6) is -1.52. The second kappa shape index (κ2) is 5.59. The molecule has 0 aliphatic carbocycles. The van der Waals surface area contributed by atoms with E-state index < -0.39 is 11.9 Å². The molecule has 0 saturated carbocycles. The first-order valence-corrected chi connectivity index (χ1v) is 4.80. The summed E-state index contributed by atoms with van der Waals surface area (Å²) in [6.07, 6.45) is 2.00. The first-order valence-electron chi connectivity index (χ1n) is 4.80. The zero-order valence-electron chi connectivity index (χ0n) is 8.25. The van der Waals surface area contributed by atoms with Gasteiger partial charge in [-0.3, -0.25) is 4.79 Å². The smallest absolute Gasteiger partial charge is 0.396 e. The maximum atomic E-state index is 11.0. The molecule has 0 radical (unpaired) electrons. The first kappa shape index (κ1) is 11.0. The van der Waals surface area contributed by atoms with Gasteiger partial charge >= 0.3 is 11.9 Å². The number of hydrogen-bond donors (Lipinski definition) is 1. The van der Waals surface area contributed by atoms with Crippen LogP contribution in [0.2, 0.25) is 0 Å². The van der Waals surface area contributed by atoms with Crippen LogP contribution in [0, 0.1) is 0 Å². The Balaban J connectivity index is 2.16. The molecule has 1 saturated heterocycles. The van der Waals surface area contributed by atoms with Crippen molar-refractivity contribution in [1.29, 1.82) is 0 Å². The summed E-state index contributed by atoms with van der Waals surface area (Å²) in [5.41, 5.74) is 0. The molecule has 1 amide bonds. The molecule has 5 nitrogen and oxygen atoms in total. The summed E-state index contributed by atoms with van der Waals surface area (Å²) >= 11 is 0. The fourth-order valence-electron chi connectivity index (χ4n) is 1.28. The lowest BCUT2D eigenvalue weighted by molar-refractivity contribution is -0.154. The van der Waals surface area contributed by atoms with Crippen molar-refractivity contribution in [3.63, 3.8) is 0 Å². The number of esters is 1. The van der Waals surface area contributed by atoms with Crippen LogP contribution in [0.4, 0.5) is 0 Å². The van der Waals surface area contributed by atoms with E-state index in [1.165, 1.54) is 0 Å².